The highest BCUT2D eigenvalue weighted by atomic mass is 35.5. The van der Waals surface area contributed by atoms with Gasteiger partial charge in [0.15, 0.2) is 5.78 Å². The third-order valence-electron chi connectivity index (χ3n) is 3.27. The third-order valence-corrected chi connectivity index (χ3v) is 4.54. The van der Waals surface area contributed by atoms with Crippen molar-refractivity contribution in [2.45, 2.75) is 19.4 Å². The topological polar surface area (TPSA) is 95.7 Å². The monoisotopic (exact) mass is 383 g/mol. The van der Waals surface area contributed by atoms with E-state index in [1.54, 1.807) is 12.1 Å². The summed E-state index contributed by atoms with van der Waals surface area (Å²) in [5.74, 6) is -0.394. The second-order valence-electron chi connectivity index (χ2n) is 4.94. The van der Waals surface area contributed by atoms with Crippen LogP contribution < -0.4 is 4.74 Å². The molecule has 0 spiro atoms. The molecule has 1 heterocycles. The highest BCUT2D eigenvalue weighted by Crippen LogP contribution is 2.25. The smallest absolute Gasteiger partial charge is 0.306 e. The summed E-state index contributed by atoms with van der Waals surface area (Å²) < 4.78 is 10.7. The minimum Gasteiger partial charge on any atom is -0.496 e. The number of carbonyl (C=O) groups excluding carboxylic acids is 2. The number of benzene rings is 1. The molecular formula is C16H14ClNO6S. The molecule has 0 amide bonds. The van der Waals surface area contributed by atoms with Gasteiger partial charge in [-0.15, -0.1) is 11.3 Å². The maximum atomic E-state index is 11.9. The number of ether oxygens (including phenoxy) is 2. The lowest BCUT2D eigenvalue weighted by atomic mass is 10.2. The Kier molecular flexibility index (Phi) is 6.49. The van der Waals surface area contributed by atoms with Crippen molar-refractivity contribution in [3.8, 4) is 5.75 Å². The van der Waals surface area contributed by atoms with E-state index in [0.717, 1.165) is 11.3 Å². The Morgan fingerprint density at radius 1 is 1.24 bits per heavy atom. The summed E-state index contributed by atoms with van der Waals surface area (Å²) in [6, 6.07) is 7.24. The molecule has 0 aliphatic carbocycles. The van der Waals surface area contributed by atoms with E-state index in [4.69, 9.17) is 21.1 Å². The number of carbonyl (C=O) groups is 2. The zero-order chi connectivity index (χ0) is 18.4. The van der Waals surface area contributed by atoms with Crippen LogP contribution in [0, 0.1) is 10.1 Å². The van der Waals surface area contributed by atoms with Gasteiger partial charge in [-0.05, 0) is 18.2 Å². The van der Waals surface area contributed by atoms with Gasteiger partial charge in [0.1, 0.15) is 12.4 Å². The normalized spacial score (nSPS) is 10.3. The summed E-state index contributed by atoms with van der Waals surface area (Å²) in [6.07, 6.45) is -0.0899. The molecule has 1 aromatic heterocycles. The fraction of sp³-hybridized carbons (Fsp3) is 0.250. The number of thiophene rings is 1. The number of ketones is 1. The molecule has 0 atom stereocenters. The van der Waals surface area contributed by atoms with Crippen LogP contribution in [0.4, 0.5) is 5.69 Å². The van der Waals surface area contributed by atoms with Gasteiger partial charge in [0.2, 0.25) is 0 Å². The predicted molar refractivity (Wildman–Crippen MR) is 92.3 cm³/mol. The third kappa shape index (κ3) is 5.27. The first-order valence-corrected chi connectivity index (χ1v) is 8.35. The van der Waals surface area contributed by atoms with E-state index >= 15 is 0 Å². The zero-order valence-corrected chi connectivity index (χ0v) is 14.8. The van der Waals surface area contributed by atoms with Crippen molar-refractivity contribution in [1.82, 2.24) is 0 Å². The first kappa shape index (κ1) is 18.9. The average Bonchev–Trinajstić information content (AvgIpc) is 3.03. The second kappa shape index (κ2) is 8.59. The van der Waals surface area contributed by atoms with Gasteiger partial charge in [0, 0.05) is 24.1 Å². The Balaban J connectivity index is 1.90. The number of rotatable bonds is 8. The summed E-state index contributed by atoms with van der Waals surface area (Å²) in [7, 11) is 1.41. The van der Waals surface area contributed by atoms with E-state index in [9.17, 15) is 19.7 Å². The van der Waals surface area contributed by atoms with E-state index in [2.05, 4.69) is 0 Å². The van der Waals surface area contributed by atoms with Crippen LogP contribution in [0.25, 0.3) is 0 Å². The number of non-ortho nitro benzene ring substituents is 1. The van der Waals surface area contributed by atoms with Crippen LogP contribution in [0.15, 0.2) is 30.3 Å². The van der Waals surface area contributed by atoms with Gasteiger partial charge in [-0.2, -0.15) is 0 Å². The first-order valence-electron chi connectivity index (χ1n) is 7.16. The van der Waals surface area contributed by atoms with Crippen LogP contribution in [0.3, 0.4) is 0 Å². The molecular weight excluding hydrogens is 370 g/mol. The van der Waals surface area contributed by atoms with Gasteiger partial charge in [-0.3, -0.25) is 19.7 Å². The molecule has 2 aromatic rings. The molecule has 1 aromatic carbocycles. The van der Waals surface area contributed by atoms with Gasteiger partial charge in [0.25, 0.3) is 5.69 Å². The molecule has 9 heteroatoms. The zero-order valence-electron chi connectivity index (χ0n) is 13.2. The molecule has 0 aliphatic rings. The molecule has 0 aliphatic heterocycles. The van der Waals surface area contributed by atoms with E-state index in [1.807, 2.05) is 0 Å². The fourth-order valence-electron chi connectivity index (χ4n) is 2.02. The molecule has 0 radical (unpaired) electrons. The average molecular weight is 384 g/mol. The van der Waals surface area contributed by atoms with E-state index in [1.165, 1.54) is 25.3 Å². The van der Waals surface area contributed by atoms with Crippen LogP contribution in [0.2, 0.25) is 4.34 Å². The van der Waals surface area contributed by atoms with Crippen LogP contribution in [-0.2, 0) is 16.1 Å². The van der Waals surface area contributed by atoms with E-state index in [0.29, 0.717) is 20.5 Å². The summed E-state index contributed by atoms with van der Waals surface area (Å²) in [5, 5.41) is 10.8. The molecule has 0 N–H and O–H groups in total. The summed E-state index contributed by atoms with van der Waals surface area (Å²) >= 11 is 6.91. The number of hydrogen-bond acceptors (Lipinski definition) is 7. The highest BCUT2D eigenvalue weighted by molar-refractivity contribution is 7.18. The Morgan fingerprint density at radius 3 is 2.60 bits per heavy atom. The number of esters is 1. The molecule has 7 nitrogen and oxygen atoms in total. The molecule has 0 saturated carbocycles. The quantitative estimate of drug-likeness (QED) is 0.295. The van der Waals surface area contributed by atoms with Crippen molar-refractivity contribution < 1.29 is 24.0 Å². The summed E-state index contributed by atoms with van der Waals surface area (Å²) in [5.41, 5.74) is 0.248. The largest absolute Gasteiger partial charge is 0.496 e. The summed E-state index contributed by atoms with van der Waals surface area (Å²) in [6.45, 7) is -0.178. The number of nitrogens with zero attached hydrogens (tertiary/aromatic N) is 1. The van der Waals surface area contributed by atoms with Crippen LogP contribution in [0.1, 0.15) is 28.1 Å². The van der Waals surface area contributed by atoms with Crippen LogP contribution in [-0.4, -0.2) is 23.8 Å². The van der Waals surface area contributed by atoms with Crippen LogP contribution in [0.5, 0.6) is 5.75 Å². The molecule has 0 unspecified atom stereocenters. The number of Topliss-reactive ketones (excluding diaryl/α,β-unsaturated/α-hetero) is 1. The summed E-state index contributed by atoms with van der Waals surface area (Å²) in [4.78, 5) is 34.5. The maximum Gasteiger partial charge on any atom is 0.306 e. The minimum absolute atomic E-state index is 0.00173. The van der Waals surface area contributed by atoms with Gasteiger partial charge in [-0.1, -0.05) is 11.6 Å². The molecule has 132 valence electrons. The predicted octanol–water partition coefficient (Wildman–Crippen LogP) is 4.02. The van der Waals surface area contributed by atoms with Gasteiger partial charge in [0.05, 0.1) is 27.7 Å². The van der Waals surface area contributed by atoms with E-state index in [-0.39, 0.29) is 30.9 Å². The lowest BCUT2D eigenvalue weighted by molar-refractivity contribution is -0.385. The van der Waals surface area contributed by atoms with Crippen molar-refractivity contribution in [3.63, 3.8) is 0 Å². The highest BCUT2D eigenvalue weighted by Gasteiger charge is 2.15. The van der Waals surface area contributed by atoms with E-state index < -0.39 is 10.9 Å². The van der Waals surface area contributed by atoms with Crippen molar-refractivity contribution in [2.24, 2.45) is 0 Å². The Bertz CT molecular complexity index is 804. The Hall–Kier alpha value is -2.45. The number of nitro benzene ring substituents is 1. The lowest BCUT2D eigenvalue weighted by Gasteiger charge is -2.09. The SMILES string of the molecule is COc1ccc([N+](=O)[O-])cc1COC(=O)CCC(=O)c1ccc(Cl)s1. The van der Waals surface area contributed by atoms with Gasteiger partial charge >= 0.3 is 5.97 Å². The number of nitro groups is 1. The van der Waals surface area contributed by atoms with Gasteiger partial charge < -0.3 is 9.47 Å². The van der Waals surface area contributed by atoms with Crippen molar-refractivity contribution in [3.05, 3.63) is 55.2 Å². The molecule has 25 heavy (non-hydrogen) atoms. The standard InChI is InChI=1S/C16H14ClNO6S/c1-23-13-4-2-11(18(21)22)8-10(13)9-24-16(20)7-3-12(19)14-5-6-15(17)25-14/h2,4-6,8H,3,7,9H2,1H3. The minimum atomic E-state index is -0.579. The number of methoxy groups -OCH3 is 1. The van der Waals surface area contributed by atoms with Crippen LogP contribution >= 0.6 is 22.9 Å². The molecule has 0 fully saturated rings. The Morgan fingerprint density at radius 2 is 2.00 bits per heavy atom. The number of halogens is 1. The van der Waals surface area contributed by atoms with Crippen molar-refractivity contribution >= 4 is 40.4 Å². The second-order valence-corrected chi connectivity index (χ2v) is 6.66. The molecule has 2 rings (SSSR count). The van der Waals surface area contributed by atoms with Crippen molar-refractivity contribution in [1.29, 1.82) is 0 Å². The van der Waals surface area contributed by atoms with Gasteiger partial charge in [-0.25, -0.2) is 0 Å². The molecule has 0 bridgehead atoms. The number of hydrogen-bond donors (Lipinski definition) is 0. The van der Waals surface area contributed by atoms with Crippen molar-refractivity contribution in [2.75, 3.05) is 7.11 Å². The maximum absolute atomic E-state index is 11.9. The molecule has 0 saturated heterocycles. The fourth-order valence-corrected chi connectivity index (χ4v) is 3.04. The Labute approximate surface area is 152 Å². The lowest BCUT2D eigenvalue weighted by Crippen LogP contribution is -2.08. The first-order chi connectivity index (χ1) is 11.9.